The molecule has 2 heterocycles. The second kappa shape index (κ2) is 4.67. The molecule has 1 aliphatic heterocycles. The number of benzene rings is 1. The van der Waals surface area contributed by atoms with Crippen LogP contribution in [0.1, 0.15) is 28.7 Å². The van der Waals surface area contributed by atoms with Gasteiger partial charge in [0.15, 0.2) is 5.69 Å². The Morgan fingerprint density at radius 2 is 2.20 bits per heavy atom. The van der Waals surface area contributed by atoms with Gasteiger partial charge in [-0.1, -0.05) is 25.1 Å². The first-order valence-corrected chi connectivity index (χ1v) is 6.78. The molecule has 1 aromatic heterocycles. The molecule has 1 atom stereocenters. The lowest BCUT2D eigenvalue weighted by molar-refractivity contribution is 0.0977. The predicted molar refractivity (Wildman–Crippen MR) is 78.7 cm³/mol. The number of fused-ring (bicyclic) bond motifs is 1. The summed E-state index contributed by atoms with van der Waals surface area (Å²) in [5.41, 5.74) is 9.57. The van der Waals surface area contributed by atoms with E-state index in [1.54, 1.807) is 4.90 Å². The SMILES string of the molecule is Cc1[nH]nc(C(=O)N2CC(C)Cc3ccccc32)c1N. The number of rotatable bonds is 1. The highest BCUT2D eigenvalue weighted by atomic mass is 16.2. The first-order valence-electron chi connectivity index (χ1n) is 6.78. The molecule has 1 unspecified atom stereocenters. The summed E-state index contributed by atoms with van der Waals surface area (Å²) >= 11 is 0. The summed E-state index contributed by atoms with van der Waals surface area (Å²) in [7, 11) is 0. The number of nitrogens with zero attached hydrogens (tertiary/aromatic N) is 2. The van der Waals surface area contributed by atoms with E-state index in [0.29, 0.717) is 23.8 Å². The van der Waals surface area contributed by atoms with Crippen LogP contribution in [0.25, 0.3) is 0 Å². The summed E-state index contributed by atoms with van der Waals surface area (Å²) < 4.78 is 0. The van der Waals surface area contributed by atoms with Crippen LogP contribution >= 0.6 is 0 Å². The van der Waals surface area contributed by atoms with Crippen LogP contribution in [0.15, 0.2) is 24.3 Å². The lowest BCUT2D eigenvalue weighted by atomic mass is 9.93. The third-order valence-corrected chi connectivity index (χ3v) is 3.79. The number of nitrogen functional groups attached to an aromatic ring is 1. The van der Waals surface area contributed by atoms with Crippen LogP contribution in [0.2, 0.25) is 0 Å². The predicted octanol–water partition coefficient (Wildman–Crippen LogP) is 2.14. The zero-order valence-corrected chi connectivity index (χ0v) is 11.7. The molecule has 1 amide bonds. The Morgan fingerprint density at radius 3 is 2.90 bits per heavy atom. The zero-order chi connectivity index (χ0) is 14.3. The highest BCUT2D eigenvalue weighted by Gasteiger charge is 2.29. The largest absolute Gasteiger partial charge is 0.395 e. The Morgan fingerprint density at radius 1 is 1.45 bits per heavy atom. The van der Waals surface area contributed by atoms with Crippen molar-refractivity contribution >= 4 is 17.3 Å². The Hall–Kier alpha value is -2.30. The third kappa shape index (κ3) is 1.95. The molecular weight excluding hydrogens is 252 g/mol. The van der Waals surface area contributed by atoms with Crippen LogP contribution in [0, 0.1) is 12.8 Å². The van der Waals surface area contributed by atoms with E-state index in [4.69, 9.17) is 5.73 Å². The number of H-pyrrole nitrogens is 1. The summed E-state index contributed by atoms with van der Waals surface area (Å²) in [6.45, 7) is 4.66. The topological polar surface area (TPSA) is 75.0 Å². The molecule has 0 saturated carbocycles. The molecule has 0 radical (unpaired) electrons. The second-order valence-electron chi connectivity index (χ2n) is 5.46. The molecular formula is C15H18N4O. The van der Waals surface area contributed by atoms with Gasteiger partial charge in [0.25, 0.3) is 5.91 Å². The number of anilines is 2. The van der Waals surface area contributed by atoms with E-state index in [-0.39, 0.29) is 5.91 Å². The fourth-order valence-corrected chi connectivity index (χ4v) is 2.72. The van der Waals surface area contributed by atoms with E-state index in [0.717, 1.165) is 17.8 Å². The number of aryl methyl sites for hydroxylation is 1. The van der Waals surface area contributed by atoms with Gasteiger partial charge in [0.05, 0.1) is 11.4 Å². The van der Waals surface area contributed by atoms with Crippen LogP contribution in [-0.4, -0.2) is 22.6 Å². The number of aromatic amines is 1. The van der Waals surface area contributed by atoms with Gasteiger partial charge in [-0.15, -0.1) is 0 Å². The van der Waals surface area contributed by atoms with E-state index >= 15 is 0 Å². The number of carbonyl (C=O) groups is 1. The van der Waals surface area contributed by atoms with Gasteiger partial charge in [0, 0.05) is 12.2 Å². The van der Waals surface area contributed by atoms with Crippen molar-refractivity contribution in [2.45, 2.75) is 20.3 Å². The molecule has 0 spiro atoms. The number of hydrogen-bond donors (Lipinski definition) is 2. The van der Waals surface area contributed by atoms with Gasteiger partial charge < -0.3 is 10.6 Å². The molecule has 3 rings (SSSR count). The summed E-state index contributed by atoms with van der Waals surface area (Å²) in [5, 5.41) is 6.82. The lowest BCUT2D eigenvalue weighted by Crippen LogP contribution is -2.39. The number of aromatic nitrogens is 2. The van der Waals surface area contributed by atoms with Crippen LogP contribution in [0.5, 0.6) is 0 Å². The van der Waals surface area contributed by atoms with Crippen molar-refractivity contribution in [1.29, 1.82) is 0 Å². The van der Waals surface area contributed by atoms with E-state index in [1.807, 2.05) is 25.1 Å². The van der Waals surface area contributed by atoms with Gasteiger partial charge in [-0.3, -0.25) is 9.89 Å². The third-order valence-electron chi connectivity index (χ3n) is 3.79. The van der Waals surface area contributed by atoms with E-state index < -0.39 is 0 Å². The number of nitrogens with one attached hydrogen (secondary N) is 1. The van der Waals surface area contributed by atoms with E-state index in [2.05, 4.69) is 23.2 Å². The maximum absolute atomic E-state index is 12.7. The van der Waals surface area contributed by atoms with E-state index in [1.165, 1.54) is 5.56 Å². The number of nitrogens with two attached hydrogens (primary N) is 1. The van der Waals surface area contributed by atoms with Gasteiger partial charge in [0.2, 0.25) is 0 Å². The molecule has 5 heteroatoms. The molecule has 0 fully saturated rings. The minimum absolute atomic E-state index is 0.133. The maximum Gasteiger partial charge on any atom is 0.280 e. The zero-order valence-electron chi connectivity index (χ0n) is 11.7. The Balaban J connectivity index is 2.02. The molecule has 5 nitrogen and oxygen atoms in total. The maximum atomic E-state index is 12.7. The first kappa shape index (κ1) is 12.7. The molecule has 0 bridgehead atoms. The van der Waals surface area contributed by atoms with Gasteiger partial charge in [-0.05, 0) is 30.9 Å². The molecule has 0 aliphatic carbocycles. The summed E-state index contributed by atoms with van der Waals surface area (Å²) in [5.74, 6) is 0.293. The van der Waals surface area contributed by atoms with Crippen molar-refractivity contribution in [3.8, 4) is 0 Å². The molecule has 1 aromatic carbocycles. The van der Waals surface area contributed by atoms with Crippen molar-refractivity contribution in [3.63, 3.8) is 0 Å². The fourth-order valence-electron chi connectivity index (χ4n) is 2.72. The summed E-state index contributed by atoms with van der Waals surface area (Å²) in [4.78, 5) is 14.5. The number of amides is 1. The fraction of sp³-hybridized carbons (Fsp3) is 0.333. The highest BCUT2D eigenvalue weighted by Crippen LogP contribution is 2.31. The standard InChI is InChI=1S/C15H18N4O/c1-9-7-11-5-3-4-6-12(11)19(8-9)15(20)14-13(16)10(2)17-18-14/h3-6,9H,7-8,16H2,1-2H3,(H,17,18). The van der Waals surface area contributed by atoms with Crippen molar-refractivity contribution in [2.75, 3.05) is 17.2 Å². The van der Waals surface area contributed by atoms with Crippen molar-refractivity contribution < 1.29 is 4.79 Å². The van der Waals surface area contributed by atoms with Gasteiger partial charge >= 0.3 is 0 Å². The number of carbonyl (C=O) groups excluding carboxylic acids is 1. The molecule has 1 aliphatic rings. The molecule has 2 aromatic rings. The molecule has 20 heavy (non-hydrogen) atoms. The quantitative estimate of drug-likeness (QED) is 0.833. The van der Waals surface area contributed by atoms with Crippen LogP contribution in [0.4, 0.5) is 11.4 Å². The monoisotopic (exact) mass is 270 g/mol. The van der Waals surface area contributed by atoms with Gasteiger partial charge in [0.1, 0.15) is 0 Å². The Kier molecular flexibility index (Phi) is 2.97. The number of para-hydroxylation sites is 1. The smallest absolute Gasteiger partial charge is 0.280 e. The van der Waals surface area contributed by atoms with Gasteiger partial charge in [-0.25, -0.2) is 0 Å². The van der Waals surface area contributed by atoms with Crippen molar-refractivity contribution in [1.82, 2.24) is 10.2 Å². The van der Waals surface area contributed by atoms with Crippen molar-refractivity contribution in [2.24, 2.45) is 5.92 Å². The molecule has 3 N–H and O–H groups in total. The minimum Gasteiger partial charge on any atom is -0.395 e. The molecule has 0 saturated heterocycles. The normalized spacial score (nSPS) is 17.9. The van der Waals surface area contributed by atoms with Gasteiger partial charge in [-0.2, -0.15) is 5.10 Å². The first-order chi connectivity index (χ1) is 9.58. The highest BCUT2D eigenvalue weighted by molar-refractivity contribution is 6.08. The number of hydrogen-bond acceptors (Lipinski definition) is 3. The van der Waals surface area contributed by atoms with Crippen LogP contribution < -0.4 is 10.6 Å². The lowest BCUT2D eigenvalue weighted by Gasteiger charge is -2.32. The second-order valence-corrected chi connectivity index (χ2v) is 5.46. The van der Waals surface area contributed by atoms with Crippen molar-refractivity contribution in [3.05, 3.63) is 41.2 Å². The summed E-state index contributed by atoms with van der Waals surface area (Å²) in [6.07, 6.45) is 0.995. The Bertz CT molecular complexity index is 662. The summed E-state index contributed by atoms with van der Waals surface area (Å²) in [6, 6.07) is 8.01. The Labute approximate surface area is 117 Å². The average Bonchev–Trinajstić information content (AvgIpc) is 2.77. The van der Waals surface area contributed by atoms with E-state index in [9.17, 15) is 4.79 Å². The van der Waals surface area contributed by atoms with Crippen LogP contribution in [0.3, 0.4) is 0 Å². The molecule has 104 valence electrons. The minimum atomic E-state index is -0.133. The van der Waals surface area contributed by atoms with Crippen LogP contribution in [-0.2, 0) is 6.42 Å². The average molecular weight is 270 g/mol.